The van der Waals surface area contributed by atoms with Crippen molar-refractivity contribution in [1.29, 1.82) is 0 Å². The average molecular weight is 375 g/mol. The van der Waals surface area contributed by atoms with Gasteiger partial charge in [-0.15, -0.1) is 5.10 Å². The lowest BCUT2D eigenvalue weighted by Crippen LogP contribution is -2.33. The number of nitrogens with zero attached hydrogens (tertiary/aromatic N) is 3. The van der Waals surface area contributed by atoms with Crippen molar-refractivity contribution in [3.8, 4) is 11.3 Å². The lowest BCUT2D eigenvalue weighted by Gasteiger charge is -2.27. The van der Waals surface area contributed by atoms with E-state index in [-0.39, 0.29) is 6.04 Å². The van der Waals surface area contributed by atoms with E-state index in [2.05, 4.69) is 15.4 Å². The number of hydrogen-bond donors (Lipinski definition) is 2. The summed E-state index contributed by atoms with van der Waals surface area (Å²) >= 11 is 0. The van der Waals surface area contributed by atoms with Crippen LogP contribution in [0, 0.1) is 0 Å². The summed E-state index contributed by atoms with van der Waals surface area (Å²) < 4.78 is 40.6. The van der Waals surface area contributed by atoms with E-state index < -0.39 is 11.7 Å². The highest BCUT2D eigenvalue weighted by Gasteiger charge is 2.30. The summed E-state index contributed by atoms with van der Waals surface area (Å²) in [5.41, 5.74) is 6.77. The molecule has 3 N–H and O–H groups in total. The molecule has 2 heterocycles. The maximum absolute atomic E-state index is 13.0. The van der Waals surface area contributed by atoms with E-state index in [1.165, 1.54) is 6.07 Å². The summed E-state index contributed by atoms with van der Waals surface area (Å²) in [6, 6.07) is 9.41. The van der Waals surface area contributed by atoms with E-state index in [1.807, 2.05) is 6.07 Å². The van der Waals surface area contributed by atoms with Gasteiger partial charge in [0.2, 0.25) is 0 Å². The molecule has 1 aromatic carbocycles. The quantitative estimate of drug-likeness (QED) is 0.723. The van der Waals surface area contributed by atoms with Crippen molar-refractivity contribution in [2.75, 3.05) is 5.32 Å². The number of aromatic nitrogens is 3. The number of rotatable bonds is 3. The summed E-state index contributed by atoms with van der Waals surface area (Å²) in [6.07, 6.45) is 1.05. The first-order chi connectivity index (χ1) is 12.9. The van der Waals surface area contributed by atoms with E-state index in [4.69, 9.17) is 5.73 Å². The van der Waals surface area contributed by atoms with Crippen molar-refractivity contribution in [2.24, 2.45) is 5.73 Å². The second kappa shape index (κ2) is 6.84. The van der Waals surface area contributed by atoms with Crippen LogP contribution in [-0.4, -0.2) is 26.7 Å². The van der Waals surface area contributed by atoms with E-state index in [1.54, 1.807) is 22.8 Å². The predicted molar refractivity (Wildman–Crippen MR) is 97.3 cm³/mol. The predicted octanol–water partition coefficient (Wildman–Crippen LogP) is 4.10. The van der Waals surface area contributed by atoms with Gasteiger partial charge in [-0.1, -0.05) is 12.1 Å². The molecule has 0 atom stereocenters. The molecule has 0 spiro atoms. The number of imidazole rings is 1. The maximum atomic E-state index is 13.0. The average Bonchev–Trinajstić information content (AvgIpc) is 3.06. The monoisotopic (exact) mass is 375 g/mol. The number of anilines is 1. The molecule has 4 rings (SSSR count). The van der Waals surface area contributed by atoms with Crippen LogP contribution in [0.1, 0.15) is 31.2 Å². The third-order valence-electron chi connectivity index (χ3n) is 4.97. The zero-order chi connectivity index (χ0) is 19.0. The molecule has 27 heavy (non-hydrogen) atoms. The Labute approximate surface area is 154 Å². The Hall–Kier alpha value is -2.61. The molecule has 2 aromatic heterocycles. The molecule has 3 aromatic rings. The SMILES string of the molecule is NC1CCC(Nc2ccc3ncc(-c4cccc(C(F)(F)F)c4)n3n2)CC1. The summed E-state index contributed by atoms with van der Waals surface area (Å²) in [4.78, 5) is 4.26. The summed E-state index contributed by atoms with van der Waals surface area (Å²) in [5, 5.41) is 7.95. The molecule has 1 aliphatic carbocycles. The van der Waals surface area contributed by atoms with Gasteiger partial charge in [0.15, 0.2) is 5.65 Å². The first-order valence-corrected chi connectivity index (χ1v) is 8.95. The number of halogens is 3. The van der Waals surface area contributed by atoms with Gasteiger partial charge < -0.3 is 11.1 Å². The lowest BCUT2D eigenvalue weighted by atomic mass is 9.92. The normalized spacial score (nSPS) is 20.7. The highest BCUT2D eigenvalue weighted by atomic mass is 19.4. The van der Waals surface area contributed by atoms with Crippen molar-refractivity contribution in [3.05, 3.63) is 48.2 Å². The van der Waals surface area contributed by atoms with E-state index in [9.17, 15) is 13.2 Å². The highest BCUT2D eigenvalue weighted by Crippen LogP contribution is 2.32. The van der Waals surface area contributed by atoms with Crippen LogP contribution >= 0.6 is 0 Å². The Kier molecular flexibility index (Phi) is 4.51. The number of fused-ring (bicyclic) bond motifs is 1. The Morgan fingerprint density at radius 3 is 2.59 bits per heavy atom. The third-order valence-corrected chi connectivity index (χ3v) is 4.97. The van der Waals surface area contributed by atoms with Gasteiger partial charge in [-0.2, -0.15) is 13.2 Å². The van der Waals surface area contributed by atoms with Crippen LogP contribution in [0.15, 0.2) is 42.6 Å². The molecule has 0 saturated heterocycles. The van der Waals surface area contributed by atoms with E-state index in [0.29, 0.717) is 28.8 Å². The zero-order valence-electron chi connectivity index (χ0n) is 14.6. The molecule has 0 unspecified atom stereocenters. The van der Waals surface area contributed by atoms with Gasteiger partial charge in [0.05, 0.1) is 17.5 Å². The second-order valence-electron chi connectivity index (χ2n) is 6.97. The fourth-order valence-electron chi connectivity index (χ4n) is 3.47. The molecule has 1 fully saturated rings. The molecule has 0 radical (unpaired) electrons. The highest BCUT2D eigenvalue weighted by molar-refractivity contribution is 5.64. The molecule has 0 bridgehead atoms. The molecule has 1 saturated carbocycles. The molecular formula is C19H20F3N5. The second-order valence-corrected chi connectivity index (χ2v) is 6.97. The number of alkyl halides is 3. The molecule has 1 aliphatic rings. The Morgan fingerprint density at radius 2 is 1.85 bits per heavy atom. The largest absolute Gasteiger partial charge is 0.416 e. The Bertz CT molecular complexity index is 942. The standard InChI is InChI=1S/C19H20F3N5/c20-19(21,22)13-3-1-2-12(10-13)16-11-24-18-9-8-17(26-27(16)18)25-15-6-4-14(23)5-7-15/h1-3,8-11,14-15H,4-7,23H2,(H,25,26). The Morgan fingerprint density at radius 1 is 1.07 bits per heavy atom. The fraction of sp³-hybridized carbons (Fsp3) is 0.368. The van der Waals surface area contributed by atoms with Gasteiger partial charge in [0.25, 0.3) is 0 Å². The van der Waals surface area contributed by atoms with Crippen molar-refractivity contribution in [1.82, 2.24) is 14.6 Å². The minimum Gasteiger partial charge on any atom is -0.366 e. The van der Waals surface area contributed by atoms with Crippen molar-refractivity contribution >= 4 is 11.5 Å². The summed E-state index contributed by atoms with van der Waals surface area (Å²) in [6.45, 7) is 0. The van der Waals surface area contributed by atoms with Gasteiger partial charge in [0.1, 0.15) is 5.82 Å². The molecule has 142 valence electrons. The van der Waals surface area contributed by atoms with Crippen LogP contribution in [0.5, 0.6) is 0 Å². The first kappa shape index (κ1) is 17.8. The van der Waals surface area contributed by atoms with Crippen LogP contribution in [0.3, 0.4) is 0 Å². The maximum Gasteiger partial charge on any atom is 0.416 e. The topological polar surface area (TPSA) is 68.2 Å². The number of nitrogens with one attached hydrogen (secondary N) is 1. The first-order valence-electron chi connectivity index (χ1n) is 8.95. The lowest BCUT2D eigenvalue weighted by molar-refractivity contribution is -0.137. The minimum absolute atomic E-state index is 0.264. The van der Waals surface area contributed by atoms with Crippen LogP contribution in [0.2, 0.25) is 0 Å². The van der Waals surface area contributed by atoms with Crippen molar-refractivity contribution in [2.45, 2.75) is 43.9 Å². The Balaban J connectivity index is 1.65. The van der Waals surface area contributed by atoms with Gasteiger partial charge in [-0.25, -0.2) is 9.50 Å². The molecule has 0 aliphatic heterocycles. The van der Waals surface area contributed by atoms with Crippen LogP contribution in [-0.2, 0) is 6.18 Å². The van der Waals surface area contributed by atoms with E-state index >= 15 is 0 Å². The van der Waals surface area contributed by atoms with Crippen LogP contribution in [0.4, 0.5) is 19.0 Å². The zero-order valence-corrected chi connectivity index (χ0v) is 14.6. The molecule has 8 heteroatoms. The third kappa shape index (κ3) is 3.75. The van der Waals surface area contributed by atoms with Crippen LogP contribution < -0.4 is 11.1 Å². The van der Waals surface area contributed by atoms with Crippen molar-refractivity contribution < 1.29 is 13.2 Å². The van der Waals surface area contributed by atoms with Crippen LogP contribution in [0.25, 0.3) is 16.9 Å². The van der Waals surface area contributed by atoms with Gasteiger partial charge in [-0.05, 0) is 49.9 Å². The number of nitrogens with two attached hydrogens (primary N) is 1. The van der Waals surface area contributed by atoms with Crippen molar-refractivity contribution in [3.63, 3.8) is 0 Å². The van der Waals surface area contributed by atoms with Gasteiger partial charge in [-0.3, -0.25) is 0 Å². The molecule has 0 amide bonds. The summed E-state index contributed by atoms with van der Waals surface area (Å²) in [7, 11) is 0. The molecular weight excluding hydrogens is 355 g/mol. The number of hydrogen-bond acceptors (Lipinski definition) is 4. The van der Waals surface area contributed by atoms with E-state index in [0.717, 1.165) is 37.8 Å². The van der Waals surface area contributed by atoms with Gasteiger partial charge >= 0.3 is 6.18 Å². The van der Waals surface area contributed by atoms with Gasteiger partial charge in [0, 0.05) is 17.6 Å². The smallest absolute Gasteiger partial charge is 0.366 e. The fourth-order valence-corrected chi connectivity index (χ4v) is 3.47. The summed E-state index contributed by atoms with van der Waals surface area (Å²) in [5.74, 6) is 0.675. The molecule has 5 nitrogen and oxygen atoms in total. The number of benzene rings is 1. The minimum atomic E-state index is -4.39.